The molecule has 0 aromatic rings. The third-order valence-corrected chi connectivity index (χ3v) is 4.27. The summed E-state index contributed by atoms with van der Waals surface area (Å²) >= 11 is 3.95. The van der Waals surface area contributed by atoms with Crippen molar-refractivity contribution in [3.05, 3.63) is 0 Å². The smallest absolute Gasteiger partial charge is 0.326 e. The summed E-state index contributed by atoms with van der Waals surface area (Å²) in [7, 11) is 0. The number of carbonyl (C=O) groups is 4. The van der Waals surface area contributed by atoms with Crippen molar-refractivity contribution in [3.8, 4) is 0 Å². The summed E-state index contributed by atoms with van der Waals surface area (Å²) < 4.78 is 0. The molecular formula is C17H33N7O5S. The van der Waals surface area contributed by atoms with Gasteiger partial charge in [-0.25, -0.2) is 4.79 Å². The number of aliphatic imine (C=N–C) groups is 1. The van der Waals surface area contributed by atoms with E-state index in [4.69, 9.17) is 17.2 Å². The van der Waals surface area contributed by atoms with Gasteiger partial charge in [0.15, 0.2) is 5.96 Å². The van der Waals surface area contributed by atoms with Gasteiger partial charge in [0.2, 0.25) is 17.7 Å². The number of thiol groups is 1. The number of rotatable bonds is 14. The first-order valence-electron chi connectivity index (χ1n) is 9.50. The van der Waals surface area contributed by atoms with Crippen molar-refractivity contribution in [2.24, 2.45) is 28.1 Å². The fourth-order valence-corrected chi connectivity index (χ4v) is 2.53. The standard InChI is InChI=1S/C17H33N7O5S/c1-9(2)6-12(24-14(26)10(18)8-30)15(27)22-7-13(25)23-11(16(28)29)4-3-5-21-17(19)20/h9-12,30H,3-8,18H2,1-2H3,(H,22,27)(H,23,25)(H,24,26)(H,28,29)(H4,19,20,21)/t10-,11+,12-/m0/s1. The van der Waals surface area contributed by atoms with Gasteiger partial charge in [0, 0.05) is 12.3 Å². The monoisotopic (exact) mass is 447 g/mol. The summed E-state index contributed by atoms with van der Waals surface area (Å²) in [5.74, 6) is -2.90. The zero-order chi connectivity index (χ0) is 23.3. The van der Waals surface area contributed by atoms with Crippen molar-refractivity contribution in [3.63, 3.8) is 0 Å². The number of guanidine groups is 1. The molecule has 3 amide bonds. The Hall–Kier alpha value is -2.54. The molecule has 0 aromatic carbocycles. The molecule has 0 rings (SSSR count). The summed E-state index contributed by atoms with van der Waals surface area (Å²) in [5, 5.41) is 16.5. The first-order chi connectivity index (χ1) is 14.0. The van der Waals surface area contributed by atoms with Crippen LogP contribution in [0.3, 0.4) is 0 Å². The van der Waals surface area contributed by atoms with E-state index in [0.29, 0.717) is 12.8 Å². The van der Waals surface area contributed by atoms with Crippen LogP contribution in [-0.4, -0.2) is 71.7 Å². The minimum Gasteiger partial charge on any atom is -0.480 e. The van der Waals surface area contributed by atoms with Crippen LogP contribution < -0.4 is 33.2 Å². The molecule has 3 atom stereocenters. The number of nitrogens with one attached hydrogen (secondary N) is 3. The van der Waals surface area contributed by atoms with E-state index in [1.165, 1.54) is 0 Å². The van der Waals surface area contributed by atoms with Gasteiger partial charge >= 0.3 is 5.97 Å². The largest absolute Gasteiger partial charge is 0.480 e. The molecule has 10 N–H and O–H groups in total. The topological polar surface area (TPSA) is 215 Å². The summed E-state index contributed by atoms with van der Waals surface area (Å²) in [6, 6.07) is -2.90. The van der Waals surface area contributed by atoms with E-state index < -0.39 is 48.4 Å². The maximum absolute atomic E-state index is 12.4. The van der Waals surface area contributed by atoms with E-state index in [1.807, 2.05) is 13.8 Å². The molecular weight excluding hydrogens is 414 g/mol. The molecule has 13 heteroatoms. The minimum absolute atomic E-state index is 0.0868. The molecule has 30 heavy (non-hydrogen) atoms. The van der Waals surface area contributed by atoms with Crippen LogP contribution in [0, 0.1) is 5.92 Å². The van der Waals surface area contributed by atoms with Gasteiger partial charge in [-0.2, -0.15) is 12.6 Å². The Morgan fingerprint density at radius 3 is 2.20 bits per heavy atom. The number of hydrogen-bond acceptors (Lipinski definition) is 7. The Morgan fingerprint density at radius 2 is 1.70 bits per heavy atom. The number of carbonyl (C=O) groups excluding carboxylic acids is 3. The number of nitrogens with two attached hydrogens (primary N) is 3. The lowest BCUT2D eigenvalue weighted by Gasteiger charge is -2.22. The highest BCUT2D eigenvalue weighted by atomic mass is 32.1. The highest BCUT2D eigenvalue weighted by Gasteiger charge is 2.25. The molecule has 0 aliphatic carbocycles. The van der Waals surface area contributed by atoms with Gasteiger partial charge < -0.3 is 38.3 Å². The van der Waals surface area contributed by atoms with Crippen LogP contribution in [0.1, 0.15) is 33.1 Å². The molecule has 0 unspecified atom stereocenters. The molecule has 0 saturated heterocycles. The number of nitrogens with zero attached hydrogens (tertiary/aromatic N) is 1. The van der Waals surface area contributed by atoms with Crippen molar-refractivity contribution >= 4 is 42.3 Å². The third-order valence-electron chi connectivity index (χ3n) is 3.88. The number of carboxylic acids is 1. The second-order valence-electron chi connectivity index (χ2n) is 7.10. The normalized spacial score (nSPS) is 13.6. The highest BCUT2D eigenvalue weighted by molar-refractivity contribution is 7.80. The van der Waals surface area contributed by atoms with Crippen molar-refractivity contribution in [2.45, 2.75) is 51.2 Å². The number of aliphatic carboxylic acids is 1. The third kappa shape index (κ3) is 12.1. The number of hydrogen-bond donors (Lipinski definition) is 8. The van der Waals surface area contributed by atoms with Gasteiger partial charge in [-0.05, 0) is 25.2 Å². The van der Waals surface area contributed by atoms with Gasteiger partial charge in [-0.3, -0.25) is 19.4 Å². The van der Waals surface area contributed by atoms with Crippen LogP contribution in [0.25, 0.3) is 0 Å². The Morgan fingerprint density at radius 1 is 1.07 bits per heavy atom. The molecule has 12 nitrogen and oxygen atoms in total. The lowest BCUT2D eigenvalue weighted by atomic mass is 10.0. The van der Waals surface area contributed by atoms with Gasteiger partial charge in [0.1, 0.15) is 12.1 Å². The van der Waals surface area contributed by atoms with Crippen molar-refractivity contribution in [1.29, 1.82) is 0 Å². The van der Waals surface area contributed by atoms with E-state index >= 15 is 0 Å². The lowest BCUT2D eigenvalue weighted by Crippen LogP contribution is -2.54. The molecule has 0 bridgehead atoms. The van der Waals surface area contributed by atoms with Crippen molar-refractivity contribution in [2.75, 3.05) is 18.8 Å². The second kappa shape index (κ2) is 14.4. The van der Waals surface area contributed by atoms with E-state index in [-0.39, 0.29) is 30.6 Å². The molecule has 0 aliphatic rings. The predicted molar refractivity (Wildman–Crippen MR) is 116 cm³/mol. The fraction of sp³-hybridized carbons (Fsp3) is 0.706. The van der Waals surface area contributed by atoms with Gasteiger partial charge in [-0.15, -0.1) is 0 Å². The SMILES string of the molecule is CC(C)C[C@H](NC(=O)[C@@H](N)CS)C(=O)NCC(=O)N[C@H](CCCN=C(N)N)C(=O)O. The molecule has 0 spiro atoms. The molecule has 0 saturated carbocycles. The van der Waals surface area contributed by atoms with E-state index in [2.05, 4.69) is 33.6 Å². The molecule has 0 heterocycles. The average Bonchev–Trinajstić information content (AvgIpc) is 2.66. The summed E-state index contributed by atoms with van der Waals surface area (Å²) in [4.78, 5) is 51.4. The first kappa shape index (κ1) is 27.5. The van der Waals surface area contributed by atoms with Crippen LogP contribution in [0.2, 0.25) is 0 Å². The maximum atomic E-state index is 12.4. The zero-order valence-corrected chi connectivity index (χ0v) is 18.2. The van der Waals surface area contributed by atoms with E-state index in [9.17, 15) is 24.3 Å². The molecule has 0 fully saturated rings. The Bertz CT molecular complexity index is 626. The lowest BCUT2D eigenvalue weighted by molar-refractivity contribution is -0.142. The fourth-order valence-electron chi connectivity index (χ4n) is 2.36. The second-order valence-corrected chi connectivity index (χ2v) is 7.47. The quantitative estimate of drug-likeness (QED) is 0.0615. The predicted octanol–water partition coefficient (Wildman–Crippen LogP) is -2.49. The van der Waals surface area contributed by atoms with Crippen LogP contribution in [0.4, 0.5) is 0 Å². The average molecular weight is 448 g/mol. The molecule has 172 valence electrons. The van der Waals surface area contributed by atoms with Crippen LogP contribution in [-0.2, 0) is 19.2 Å². The van der Waals surface area contributed by atoms with Gasteiger partial charge in [-0.1, -0.05) is 13.8 Å². The summed E-state index contributed by atoms with van der Waals surface area (Å²) in [6.07, 6.45) is 0.788. The van der Waals surface area contributed by atoms with E-state index in [1.54, 1.807) is 0 Å². The Kier molecular flexibility index (Phi) is 13.2. The highest BCUT2D eigenvalue weighted by Crippen LogP contribution is 2.05. The van der Waals surface area contributed by atoms with Gasteiger partial charge in [0.25, 0.3) is 0 Å². The Balaban J connectivity index is 4.72. The van der Waals surface area contributed by atoms with Crippen LogP contribution >= 0.6 is 12.6 Å². The molecule has 0 aromatic heterocycles. The van der Waals surface area contributed by atoms with E-state index in [0.717, 1.165) is 0 Å². The first-order valence-corrected chi connectivity index (χ1v) is 10.1. The van der Waals surface area contributed by atoms with Crippen LogP contribution in [0.5, 0.6) is 0 Å². The van der Waals surface area contributed by atoms with Crippen LogP contribution in [0.15, 0.2) is 4.99 Å². The molecule has 0 radical (unpaired) electrons. The molecule has 0 aliphatic heterocycles. The van der Waals surface area contributed by atoms with Crippen molar-refractivity contribution < 1.29 is 24.3 Å². The number of carboxylic acid groups (broad SMARTS) is 1. The zero-order valence-electron chi connectivity index (χ0n) is 17.3. The van der Waals surface area contributed by atoms with Crippen molar-refractivity contribution in [1.82, 2.24) is 16.0 Å². The Labute approximate surface area is 181 Å². The van der Waals surface area contributed by atoms with Gasteiger partial charge in [0.05, 0.1) is 12.6 Å². The minimum atomic E-state index is -1.22. The number of amides is 3. The maximum Gasteiger partial charge on any atom is 0.326 e. The summed E-state index contributed by atoms with van der Waals surface area (Å²) in [6.45, 7) is 3.53. The summed E-state index contributed by atoms with van der Waals surface area (Å²) in [5.41, 5.74) is 16.0.